The summed E-state index contributed by atoms with van der Waals surface area (Å²) in [5, 5.41) is 13.0. The zero-order chi connectivity index (χ0) is 21.6. The van der Waals surface area contributed by atoms with Gasteiger partial charge in [0.1, 0.15) is 0 Å². The largest absolute Gasteiger partial charge is 0.494 e. The number of esters is 1. The van der Waals surface area contributed by atoms with E-state index in [1.165, 1.54) is 32.2 Å². The number of carbonyl (C=O) groups excluding carboxylic acids is 2. The maximum Gasteiger partial charge on any atom is 0.331 e. The van der Waals surface area contributed by atoms with Gasteiger partial charge in [0, 0.05) is 17.8 Å². The van der Waals surface area contributed by atoms with Crippen LogP contribution in [0.15, 0.2) is 42.5 Å². The molecule has 2 rings (SSSR count). The second-order valence-corrected chi connectivity index (χ2v) is 5.72. The number of methoxy groups -OCH3 is 1. The Hall–Kier alpha value is -3.82. The van der Waals surface area contributed by atoms with Gasteiger partial charge in [0.2, 0.25) is 5.82 Å². The van der Waals surface area contributed by atoms with Gasteiger partial charge in [0.25, 0.3) is 5.91 Å². The molecule has 1 N–H and O–H groups in total. The van der Waals surface area contributed by atoms with Gasteiger partial charge in [-0.3, -0.25) is 14.9 Å². The van der Waals surface area contributed by atoms with Crippen LogP contribution in [-0.4, -0.2) is 30.0 Å². The van der Waals surface area contributed by atoms with Crippen LogP contribution in [0.5, 0.6) is 5.75 Å². The van der Waals surface area contributed by atoms with Crippen LogP contribution in [0.3, 0.4) is 0 Å². The molecule has 0 bridgehead atoms. The zero-order valence-corrected chi connectivity index (χ0v) is 15.3. The molecule has 0 radical (unpaired) electrons. The van der Waals surface area contributed by atoms with E-state index in [1.807, 2.05) is 0 Å². The zero-order valence-electron chi connectivity index (χ0n) is 15.3. The van der Waals surface area contributed by atoms with Crippen LogP contribution in [0.4, 0.5) is 20.2 Å². The number of nitro groups is 1. The van der Waals surface area contributed by atoms with Crippen LogP contribution in [0, 0.1) is 21.7 Å². The van der Waals surface area contributed by atoms with Crippen molar-refractivity contribution in [1.29, 1.82) is 0 Å². The third-order valence-corrected chi connectivity index (χ3v) is 3.66. The number of carbonyl (C=O) groups is 2. The van der Waals surface area contributed by atoms with Gasteiger partial charge >= 0.3 is 11.7 Å². The Morgan fingerprint density at radius 2 is 1.90 bits per heavy atom. The van der Waals surface area contributed by atoms with Crippen LogP contribution < -0.4 is 10.1 Å². The number of nitrogens with one attached hydrogen (secondary N) is 1. The number of ether oxygens (including phenoxy) is 2. The molecule has 1 amide bonds. The van der Waals surface area contributed by atoms with E-state index >= 15 is 0 Å². The van der Waals surface area contributed by atoms with Crippen molar-refractivity contribution in [3.05, 3.63) is 69.8 Å². The van der Waals surface area contributed by atoms with Gasteiger partial charge in [-0.05, 0) is 42.8 Å². The van der Waals surface area contributed by atoms with Crippen LogP contribution in [-0.2, 0) is 14.3 Å². The molecule has 2 aromatic carbocycles. The quantitative estimate of drug-likeness (QED) is 0.327. The molecule has 0 aliphatic rings. The second kappa shape index (κ2) is 9.40. The van der Waals surface area contributed by atoms with E-state index in [4.69, 9.17) is 9.47 Å². The lowest BCUT2D eigenvalue weighted by Crippen LogP contribution is -2.29. The summed E-state index contributed by atoms with van der Waals surface area (Å²) in [7, 11) is 1.32. The third kappa shape index (κ3) is 5.83. The molecule has 0 aliphatic heterocycles. The predicted molar refractivity (Wildman–Crippen MR) is 99.2 cm³/mol. The number of nitro benzene ring substituents is 1. The van der Waals surface area contributed by atoms with Crippen molar-refractivity contribution in [2.24, 2.45) is 0 Å². The van der Waals surface area contributed by atoms with Crippen LogP contribution in [0.25, 0.3) is 6.08 Å². The van der Waals surface area contributed by atoms with Crippen molar-refractivity contribution < 1.29 is 32.8 Å². The first-order valence-corrected chi connectivity index (χ1v) is 8.18. The number of nitrogens with zero attached hydrogens (tertiary/aromatic N) is 1. The highest BCUT2D eigenvalue weighted by molar-refractivity contribution is 5.96. The number of rotatable bonds is 7. The highest BCUT2D eigenvalue weighted by Gasteiger charge is 2.19. The Morgan fingerprint density at radius 1 is 1.17 bits per heavy atom. The summed E-state index contributed by atoms with van der Waals surface area (Å²) in [6.07, 6.45) is 1.05. The lowest BCUT2D eigenvalue weighted by Gasteiger charge is -2.12. The van der Waals surface area contributed by atoms with Crippen LogP contribution >= 0.6 is 0 Å². The SMILES string of the molecule is COc1ccc(/C=C/C(=O)O[C@@H](C)C(=O)Nc2ccc(F)c([N+](=O)[O-])c2)cc1F. The lowest BCUT2D eigenvalue weighted by molar-refractivity contribution is -0.387. The van der Waals surface area contributed by atoms with E-state index in [-0.39, 0.29) is 11.4 Å². The van der Waals surface area contributed by atoms with Gasteiger partial charge in [0.05, 0.1) is 12.0 Å². The number of amides is 1. The van der Waals surface area contributed by atoms with Gasteiger partial charge in [-0.15, -0.1) is 0 Å². The Kier molecular flexibility index (Phi) is 6.96. The molecular formula is C19H16F2N2O6. The average molecular weight is 406 g/mol. The molecule has 8 nitrogen and oxygen atoms in total. The smallest absolute Gasteiger partial charge is 0.331 e. The molecular weight excluding hydrogens is 390 g/mol. The van der Waals surface area contributed by atoms with E-state index in [0.717, 1.165) is 30.3 Å². The minimum Gasteiger partial charge on any atom is -0.494 e. The van der Waals surface area contributed by atoms with E-state index in [1.54, 1.807) is 0 Å². The Morgan fingerprint density at radius 3 is 2.52 bits per heavy atom. The molecule has 0 fully saturated rings. The van der Waals surface area contributed by atoms with Crippen LogP contribution in [0.2, 0.25) is 0 Å². The first-order valence-electron chi connectivity index (χ1n) is 8.18. The number of hydrogen-bond donors (Lipinski definition) is 1. The molecule has 10 heteroatoms. The molecule has 0 aromatic heterocycles. The lowest BCUT2D eigenvalue weighted by atomic mass is 10.2. The maximum atomic E-state index is 13.6. The number of hydrogen-bond acceptors (Lipinski definition) is 6. The molecule has 0 saturated heterocycles. The van der Waals surface area contributed by atoms with Crippen molar-refractivity contribution in [2.45, 2.75) is 13.0 Å². The summed E-state index contributed by atoms with van der Waals surface area (Å²) >= 11 is 0. The van der Waals surface area contributed by atoms with Gasteiger partial charge < -0.3 is 14.8 Å². The maximum absolute atomic E-state index is 13.6. The number of benzene rings is 2. The summed E-state index contributed by atoms with van der Waals surface area (Å²) in [4.78, 5) is 33.7. The van der Waals surface area contributed by atoms with Crippen molar-refractivity contribution >= 4 is 29.3 Å². The molecule has 2 aromatic rings. The van der Waals surface area contributed by atoms with Crippen molar-refractivity contribution in [1.82, 2.24) is 0 Å². The van der Waals surface area contributed by atoms with Crippen molar-refractivity contribution in [3.8, 4) is 5.75 Å². The van der Waals surface area contributed by atoms with Crippen LogP contribution in [0.1, 0.15) is 12.5 Å². The normalized spacial score (nSPS) is 11.7. The molecule has 0 unspecified atom stereocenters. The molecule has 0 saturated carbocycles. The minimum atomic E-state index is -1.25. The van der Waals surface area contributed by atoms with Gasteiger partial charge in [-0.2, -0.15) is 4.39 Å². The molecule has 152 valence electrons. The Labute approximate surface area is 163 Å². The highest BCUT2D eigenvalue weighted by atomic mass is 19.1. The molecule has 0 spiro atoms. The molecule has 29 heavy (non-hydrogen) atoms. The van der Waals surface area contributed by atoms with E-state index in [9.17, 15) is 28.5 Å². The summed E-state index contributed by atoms with van der Waals surface area (Å²) in [6.45, 7) is 1.28. The van der Waals surface area contributed by atoms with Crippen molar-refractivity contribution in [3.63, 3.8) is 0 Å². The Balaban J connectivity index is 1.96. The molecule has 1 atom stereocenters. The summed E-state index contributed by atoms with van der Waals surface area (Å²) < 4.78 is 36.6. The summed E-state index contributed by atoms with van der Waals surface area (Å²) in [5.41, 5.74) is -0.465. The fourth-order valence-corrected chi connectivity index (χ4v) is 2.19. The first kappa shape index (κ1) is 21.5. The monoisotopic (exact) mass is 406 g/mol. The predicted octanol–water partition coefficient (Wildman–Crippen LogP) is 3.47. The fourth-order valence-electron chi connectivity index (χ4n) is 2.19. The second-order valence-electron chi connectivity index (χ2n) is 5.72. The highest BCUT2D eigenvalue weighted by Crippen LogP contribution is 2.22. The van der Waals surface area contributed by atoms with Gasteiger partial charge in [-0.25, -0.2) is 9.18 Å². The number of halogens is 2. The Bertz CT molecular complexity index is 977. The third-order valence-electron chi connectivity index (χ3n) is 3.66. The standard InChI is InChI=1S/C19H16F2N2O6/c1-11(19(25)22-13-5-6-14(20)16(10-13)23(26)27)29-18(24)8-4-12-3-7-17(28-2)15(21)9-12/h3-11H,1-2H3,(H,22,25)/b8-4+/t11-/m0/s1. The van der Waals surface area contributed by atoms with E-state index < -0.39 is 40.2 Å². The van der Waals surface area contributed by atoms with Gasteiger partial charge in [-0.1, -0.05) is 6.07 Å². The fraction of sp³-hybridized carbons (Fsp3) is 0.158. The average Bonchev–Trinajstić information content (AvgIpc) is 2.67. The minimum absolute atomic E-state index is 0.0322. The topological polar surface area (TPSA) is 108 Å². The van der Waals surface area contributed by atoms with E-state index in [2.05, 4.69) is 5.32 Å². The summed E-state index contributed by atoms with van der Waals surface area (Å²) in [5.74, 6) is -3.25. The first-order chi connectivity index (χ1) is 13.7. The molecule has 0 heterocycles. The number of anilines is 1. The van der Waals surface area contributed by atoms with E-state index in [0.29, 0.717) is 5.56 Å². The van der Waals surface area contributed by atoms with Gasteiger partial charge in [0.15, 0.2) is 17.7 Å². The van der Waals surface area contributed by atoms with Crippen molar-refractivity contribution in [2.75, 3.05) is 12.4 Å². The molecule has 0 aliphatic carbocycles. The summed E-state index contributed by atoms with van der Waals surface area (Å²) in [6, 6.07) is 6.87.